The smallest absolute Gasteiger partial charge is 0.249 e. The quantitative estimate of drug-likeness (QED) is 0.916. The Kier molecular flexibility index (Phi) is 4.59. The normalized spacial score (nSPS) is 25.5. The summed E-state index contributed by atoms with van der Waals surface area (Å²) in [5.74, 6) is -0.0457. The molecule has 124 valence electrons. The Morgan fingerprint density at radius 3 is 2.65 bits per heavy atom. The molecule has 2 amide bonds. The van der Waals surface area contributed by atoms with Crippen molar-refractivity contribution in [3.8, 4) is 0 Å². The molecule has 6 nitrogen and oxygen atoms in total. The summed E-state index contributed by atoms with van der Waals surface area (Å²) in [6, 6.07) is 0. The van der Waals surface area contributed by atoms with Crippen LogP contribution in [0.4, 0.5) is 0 Å². The Morgan fingerprint density at radius 1 is 1.22 bits per heavy atom. The highest BCUT2D eigenvalue weighted by Gasteiger charge is 2.51. The fourth-order valence-electron chi connectivity index (χ4n) is 4.07. The summed E-state index contributed by atoms with van der Waals surface area (Å²) in [5, 5.41) is 0. The van der Waals surface area contributed by atoms with Crippen molar-refractivity contribution in [3.05, 3.63) is 24.3 Å². The predicted octanol–water partition coefficient (Wildman–Crippen LogP) is 1.75. The van der Waals surface area contributed by atoms with E-state index >= 15 is 0 Å². The molecule has 1 aliphatic heterocycles. The third kappa shape index (κ3) is 2.94. The number of hydrogen-bond acceptors (Lipinski definition) is 4. The summed E-state index contributed by atoms with van der Waals surface area (Å²) in [7, 11) is 0. The molecule has 0 bridgehead atoms. The molecule has 1 aromatic heterocycles. The van der Waals surface area contributed by atoms with Crippen molar-refractivity contribution in [1.82, 2.24) is 14.9 Å². The van der Waals surface area contributed by atoms with Crippen molar-refractivity contribution >= 4 is 11.8 Å². The summed E-state index contributed by atoms with van der Waals surface area (Å²) in [6.45, 7) is 0.561. The molecule has 3 rings (SSSR count). The van der Waals surface area contributed by atoms with E-state index in [-0.39, 0.29) is 5.91 Å². The van der Waals surface area contributed by atoms with Crippen molar-refractivity contribution in [2.24, 2.45) is 11.7 Å². The average molecular weight is 316 g/mol. The van der Waals surface area contributed by atoms with Crippen molar-refractivity contribution < 1.29 is 9.59 Å². The van der Waals surface area contributed by atoms with Crippen LogP contribution in [0, 0.1) is 5.92 Å². The van der Waals surface area contributed by atoms with Crippen molar-refractivity contribution in [2.45, 2.75) is 56.9 Å². The van der Waals surface area contributed by atoms with Gasteiger partial charge in [0.2, 0.25) is 11.8 Å². The molecule has 0 spiro atoms. The number of carbonyl (C=O) groups is 2. The summed E-state index contributed by atoms with van der Waals surface area (Å²) in [5.41, 5.74) is 5.09. The van der Waals surface area contributed by atoms with E-state index in [9.17, 15) is 9.59 Å². The van der Waals surface area contributed by atoms with Gasteiger partial charge in [0.15, 0.2) is 5.54 Å². The number of likely N-dealkylation sites (tertiary alicyclic amines) is 1. The van der Waals surface area contributed by atoms with E-state index in [2.05, 4.69) is 9.97 Å². The number of hydrogen-bond donors (Lipinski definition) is 1. The molecule has 0 radical (unpaired) electrons. The molecule has 0 aromatic carbocycles. The highest BCUT2D eigenvalue weighted by molar-refractivity contribution is 5.91. The van der Waals surface area contributed by atoms with Crippen LogP contribution < -0.4 is 5.73 Å². The van der Waals surface area contributed by atoms with Gasteiger partial charge in [0.25, 0.3) is 0 Å². The van der Waals surface area contributed by atoms with Gasteiger partial charge in [-0.3, -0.25) is 19.6 Å². The zero-order valence-corrected chi connectivity index (χ0v) is 13.4. The van der Waals surface area contributed by atoms with E-state index in [1.54, 1.807) is 23.5 Å². The van der Waals surface area contributed by atoms with Gasteiger partial charge in [0.05, 0.1) is 11.9 Å². The number of nitrogens with two attached hydrogens (primary N) is 1. The zero-order valence-electron chi connectivity index (χ0n) is 13.4. The van der Waals surface area contributed by atoms with E-state index in [1.165, 1.54) is 19.3 Å². The minimum atomic E-state index is -1.12. The van der Waals surface area contributed by atoms with Gasteiger partial charge in [-0.15, -0.1) is 0 Å². The molecular weight excluding hydrogens is 292 g/mol. The van der Waals surface area contributed by atoms with Gasteiger partial charge in [-0.1, -0.05) is 19.3 Å². The number of carbonyl (C=O) groups excluding carboxylic acids is 2. The summed E-state index contributed by atoms with van der Waals surface area (Å²) < 4.78 is 0. The first kappa shape index (κ1) is 15.9. The van der Waals surface area contributed by atoms with Crippen molar-refractivity contribution in [3.63, 3.8) is 0 Å². The van der Waals surface area contributed by atoms with Gasteiger partial charge in [-0.05, 0) is 31.6 Å². The lowest BCUT2D eigenvalue weighted by Gasteiger charge is -2.36. The number of primary amides is 1. The van der Waals surface area contributed by atoms with Gasteiger partial charge in [0.1, 0.15) is 0 Å². The third-order valence-electron chi connectivity index (χ3n) is 5.26. The molecule has 1 aromatic rings. The van der Waals surface area contributed by atoms with Crippen LogP contribution in [0.1, 0.15) is 57.1 Å². The fraction of sp³-hybridized carbons (Fsp3) is 0.647. The monoisotopic (exact) mass is 316 g/mol. The van der Waals surface area contributed by atoms with Crippen LogP contribution in [0.3, 0.4) is 0 Å². The van der Waals surface area contributed by atoms with Crippen LogP contribution in [-0.4, -0.2) is 33.2 Å². The van der Waals surface area contributed by atoms with E-state index in [0.29, 0.717) is 31.0 Å². The number of amides is 2. The predicted molar refractivity (Wildman–Crippen MR) is 85.0 cm³/mol. The molecule has 6 heteroatoms. The lowest BCUT2D eigenvalue weighted by Crippen LogP contribution is -2.54. The molecule has 2 aliphatic rings. The zero-order chi connectivity index (χ0) is 16.3. The molecule has 2 fully saturated rings. The average Bonchev–Trinajstić information content (AvgIpc) is 3.03. The Hall–Kier alpha value is -1.98. The SMILES string of the molecule is NC(=O)C1(c2cnccn2)CCCN1C(=O)CC1CCCCC1. The Morgan fingerprint density at radius 2 is 2.00 bits per heavy atom. The minimum absolute atomic E-state index is 0.0267. The molecule has 1 atom stereocenters. The largest absolute Gasteiger partial charge is 0.367 e. The van der Waals surface area contributed by atoms with E-state index in [0.717, 1.165) is 19.3 Å². The van der Waals surface area contributed by atoms with Crippen molar-refractivity contribution in [1.29, 1.82) is 0 Å². The Labute approximate surface area is 136 Å². The van der Waals surface area contributed by atoms with E-state index in [1.807, 2.05) is 0 Å². The number of nitrogens with zero attached hydrogens (tertiary/aromatic N) is 3. The maximum Gasteiger partial charge on any atom is 0.249 e. The molecule has 1 unspecified atom stereocenters. The van der Waals surface area contributed by atoms with Crippen LogP contribution in [0.25, 0.3) is 0 Å². The standard InChI is InChI=1S/C17H24N4O2/c18-16(23)17(14-12-19-8-9-20-14)7-4-10-21(17)15(22)11-13-5-2-1-3-6-13/h8-9,12-13H,1-7,10-11H2,(H2,18,23). The van der Waals surface area contributed by atoms with Gasteiger partial charge in [-0.2, -0.15) is 0 Å². The van der Waals surface area contributed by atoms with Crippen LogP contribution in [0.5, 0.6) is 0 Å². The second kappa shape index (κ2) is 6.64. The van der Waals surface area contributed by atoms with E-state index < -0.39 is 11.4 Å². The van der Waals surface area contributed by atoms with Crippen LogP contribution in [0.15, 0.2) is 18.6 Å². The number of rotatable bonds is 4. The first-order chi connectivity index (χ1) is 11.1. The van der Waals surface area contributed by atoms with E-state index in [4.69, 9.17) is 5.73 Å². The topological polar surface area (TPSA) is 89.2 Å². The maximum atomic E-state index is 12.9. The van der Waals surface area contributed by atoms with Gasteiger partial charge in [-0.25, -0.2) is 0 Å². The van der Waals surface area contributed by atoms with Crippen LogP contribution in [0.2, 0.25) is 0 Å². The second-order valence-electron chi connectivity index (χ2n) is 6.67. The highest BCUT2D eigenvalue weighted by atomic mass is 16.2. The van der Waals surface area contributed by atoms with Gasteiger partial charge in [0, 0.05) is 25.4 Å². The molecule has 1 saturated carbocycles. The molecule has 23 heavy (non-hydrogen) atoms. The molecule has 1 aliphatic carbocycles. The molecule has 2 N–H and O–H groups in total. The molecular formula is C17H24N4O2. The summed E-state index contributed by atoms with van der Waals surface area (Å²) in [6.07, 6.45) is 12.3. The highest BCUT2D eigenvalue weighted by Crippen LogP contribution is 2.39. The first-order valence-electron chi connectivity index (χ1n) is 8.51. The lowest BCUT2D eigenvalue weighted by molar-refractivity contribution is -0.145. The fourth-order valence-corrected chi connectivity index (χ4v) is 4.07. The molecule has 1 saturated heterocycles. The lowest BCUT2D eigenvalue weighted by atomic mass is 9.85. The first-order valence-corrected chi connectivity index (χ1v) is 8.51. The third-order valence-corrected chi connectivity index (χ3v) is 5.26. The molecule has 2 heterocycles. The van der Waals surface area contributed by atoms with Gasteiger partial charge >= 0.3 is 0 Å². The Balaban J connectivity index is 1.84. The maximum absolute atomic E-state index is 12.9. The Bertz CT molecular complexity index is 571. The minimum Gasteiger partial charge on any atom is -0.367 e. The second-order valence-corrected chi connectivity index (χ2v) is 6.67. The number of aromatic nitrogens is 2. The summed E-state index contributed by atoms with van der Waals surface area (Å²) in [4.78, 5) is 35.2. The van der Waals surface area contributed by atoms with Crippen LogP contribution >= 0.6 is 0 Å². The van der Waals surface area contributed by atoms with Crippen molar-refractivity contribution in [2.75, 3.05) is 6.54 Å². The summed E-state index contributed by atoms with van der Waals surface area (Å²) >= 11 is 0. The van der Waals surface area contributed by atoms with Gasteiger partial charge < -0.3 is 10.6 Å². The van der Waals surface area contributed by atoms with Crippen LogP contribution in [-0.2, 0) is 15.1 Å².